The van der Waals surface area contributed by atoms with Crippen LogP contribution in [0.5, 0.6) is 0 Å². The number of aliphatic carboxylic acids is 1. The summed E-state index contributed by atoms with van der Waals surface area (Å²) < 4.78 is 0. The Hall–Kier alpha value is -1.35. The summed E-state index contributed by atoms with van der Waals surface area (Å²) in [6, 6.07) is 10.5. The molecular weight excluding hydrogens is 238 g/mol. The maximum absolute atomic E-state index is 11.1. The van der Waals surface area contributed by atoms with E-state index in [1.807, 2.05) is 6.07 Å². The third-order valence-corrected chi connectivity index (χ3v) is 4.72. The molecule has 102 valence electrons. The van der Waals surface area contributed by atoms with Crippen molar-refractivity contribution in [2.45, 2.75) is 25.8 Å². The van der Waals surface area contributed by atoms with Crippen molar-refractivity contribution in [1.29, 1.82) is 0 Å². The molecule has 3 rings (SSSR count). The monoisotopic (exact) mass is 259 g/mol. The van der Waals surface area contributed by atoms with E-state index in [0.717, 1.165) is 44.8 Å². The van der Waals surface area contributed by atoms with Crippen molar-refractivity contribution < 1.29 is 9.90 Å². The lowest BCUT2D eigenvalue weighted by Crippen LogP contribution is -2.28. The standard InChI is InChI=1S/C16H21NO2/c18-16(19)13-6-7-14-10-17(11-15(14)8-13)9-12-4-2-1-3-5-12/h1-5,13-15H,6-11H2,(H,18,19). The zero-order chi connectivity index (χ0) is 13.2. The minimum absolute atomic E-state index is 0.0991. The summed E-state index contributed by atoms with van der Waals surface area (Å²) in [4.78, 5) is 13.6. The molecule has 2 fully saturated rings. The minimum atomic E-state index is -0.597. The van der Waals surface area contributed by atoms with Crippen molar-refractivity contribution in [3.63, 3.8) is 0 Å². The molecule has 1 heterocycles. The summed E-state index contributed by atoms with van der Waals surface area (Å²) in [6.45, 7) is 3.22. The number of benzene rings is 1. The molecule has 2 aliphatic rings. The Bertz CT molecular complexity index is 445. The average Bonchev–Trinajstić information content (AvgIpc) is 2.80. The highest BCUT2D eigenvalue weighted by Crippen LogP contribution is 2.39. The van der Waals surface area contributed by atoms with Crippen molar-refractivity contribution in [2.75, 3.05) is 13.1 Å². The van der Waals surface area contributed by atoms with E-state index in [4.69, 9.17) is 5.11 Å². The van der Waals surface area contributed by atoms with E-state index < -0.39 is 5.97 Å². The van der Waals surface area contributed by atoms with Crippen molar-refractivity contribution >= 4 is 5.97 Å². The lowest BCUT2D eigenvalue weighted by molar-refractivity contribution is -0.143. The van der Waals surface area contributed by atoms with Gasteiger partial charge in [-0.3, -0.25) is 9.69 Å². The molecule has 3 heteroatoms. The van der Waals surface area contributed by atoms with E-state index in [0.29, 0.717) is 5.92 Å². The Labute approximate surface area is 114 Å². The number of rotatable bonds is 3. The quantitative estimate of drug-likeness (QED) is 0.907. The van der Waals surface area contributed by atoms with Gasteiger partial charge in [-0.05, 0) is 36.7 Å². The van der Waals surface area contributed by atoms with Crippen LogP contribution in [0.4, 0.5) is 0 Å². The molecule has 1 aromatic carbocycles. The van der Waals surface area contributed by atoms with Crippen LogP contribution in [0.25, 0.3) is 0 Å². The topological polar surface area (TPSA) is 40.5 Å². The van der Waals surface area contributed by atoms with Gasteiger partial charge in [0.15, 0.2) is 0 Å². The predicted molar refractivity (Wildman–Crippen MR) is 73.7 cm³/mol. The van der Waals surface area contributed by atoms with Crippen molar-refractivity contribution in [2.24, 2.45) is 17.8 Å². The van der Waals surface area contributed by atoms with Gasteiger partial charge in [0.2, 0.25) is 0 Å². The van der Waals surface area contributed by atoms with Gasteiger partial charge >= 0.3 is 5.97 Å². The van der Waals surface area contributed by atoms with Crippen LogP contribution in [-0.4, -0.2) is 29.1 Å². The van der Waals surface area contributed by atoms with E-state index in [-0.39, 0.29) is 5.92 Å². The summed E-state index contributed by atoms with van der Waals surface area (Å²) in [7, 11) is 0. The molecule has 1 aliphatic heterocycles. The Morgan fingerprint density at radius 2 is 1.89 bits per heavy atom. The fourth-order valence-electron chi connectivity index (χ4n) is 3.72. The van der Waals surface area contributed by atoms with Crippen LogP contribution in [0.15, 0.2) is 30.3 Å². The highest BCUT2D eigenvalue weighted by Gasteiger charge is 2.39. The maximum Gasteiger partial charge on any atom is 0.306 e. The van der Waals surface area contributed by atoms with E-state index in [2.05, 4.69) is 29.2 Å². The lowest BCUT2D eigenvalue weighted by Gasteiger charge is -2.28. The maximum atomic E-state index is 11.1. The highest BCUT2D eigenvalue weighted by molar-refractivity contribution is 5.70. The molecule has 1 saturated carbocycles. The summed E-state index contributed by atoms with van der Waals surface area (Å²) in [5.74, 6) is 0.621. The fraction of sp³-hybridized carbons (Fsp3) is 0.562. The molecule has 19 heavy (non-hydrogen) atoms. The van der Waals surface area contributed by atoms with Crippen molar-refractivity contribution in [3.05, 3.63) is 35.9 Å². The van der Waals surface area contributed by atoms with E-state index in [1.165, 1.54) is 5.56 Å². The molecule has 1 saturated heterocycles. The Morgan fingerprint density at radius 3 is 2.63 bits per heavy atom. The predicted octanol–water partition coefficient (Wildman–Crippen LogP) is 2.62. The molecule has 0 aromatic heterocycles. The zero-order valence-electron chi connectivity index (χ0n) is 11.2. The lowest BCUT2D eigenvalue weighted by atomic mass is 9.76. The molecule has 0 radical (unpaired) electrons. The molecule has 0 spiro atoms. The summed E-state index contributed by atoms with van der Waals surface area (Å²) in [5, 5.41) is 9.15. The van der Waals surface area contributed by atoms with Crippen molar-refractivity contribution in [3.8, 4) is 0 Å². The summed E-state index contributed by atoms with van der Waals surface area (Å²) in [6.07, 6.45) is 2.84. The van der Waals surface area contributed by atoms with Gasteiger partial charge < -0.3 is 5.11 Å². The number of hydrogen-bond acceptors (Lipinski definition) is 2. The normalized spacial score (nSPS) is 31.1. The van der Waals surface area contributed by atoms with Crippen LogP contribution in [-0.2, 0) is 11.3 Å². The van der Waals surface area contributed by atoms with Gasteiger partial charge in [-0.25, -0.2) is 0 Å². The first-order chi connectivity index (χ1) is 9.22. The fourth-order valence-corrected chi connectivity index (χ4v) is 3.72. The number of hydrogen-bond donors (Lipinski definition) is 1. The van der Waals surface area contributed by atoms with Crippen LogP contribution >= 0.6 is 0 Å². The van der Waals surface area contributed by atoms with E-state index in [1.54, 1.807) is 0 Å². The first kappa shape index (κ1) is 12.7. The van der Waals surface area contributed by atoms with Crippen molar-refractivity contribution in [1.82, 2.24) is 4.90 Å². The third kappa shape index (κ3) is 2.81. The third-order valence-electron chi connectivity index (χ3n) is 4.72. The largest absolute Gasteiger partial charge is 0.481 e. The SMILES string of the molecule is O=C(O)C1CCC2CN(Cc3ccccc3)CC2C1. The number of carboxylic acid groups (broad SMARTS) is 1. The van der Waals surface area contributed by atoms with Crippen LogP contribution in [0, 0.1) is 17.8 Å². The Kier molecular flexibility index (Phi) is 3.56. The van der Waals surface area contributed by atoms with Crippen LogP contribution in [0.3, 0.4) is 0 Å². The van der Waals surface area contributed by atoms with Gasteiger partial charge in [0.1, 0.15) is 0 Å². The van der Waals surface area contributed by atoms with Gasteiger partial charge in [-0.2, -0.15) is 0 Å². The minimum Gasteiger partial charge on any atom is -0.481 e. The molecule has 0 amide bonds. The Morgan fingerprint density at radius 1 is 1.16 bits per heavy atom. The molecule has 1 aliphatic carbocycles. The molecule has 3 atom stereocenters. The number of carboxylic acids is 1. The van der Waals surface area contributed by atoms with Gasteiger partial charge in [0.25, 0.3) is 0 Å². The molecule has 1 N–H and O–H groups in total. The van der Waals surface area contributed by atoms with Crippen LogP contribution in [0.2, 0.25) is 0 Å². The average molecular weight is 259 g/mol. The molecule has 0 bridgehead atoms. The number of fused-ring (bicyclic) bond motifs is 1. The van der Waals surface area contributed by atoms with E-state index in [9.17, 15) is 4.79 Å². The van der Waals surface area contributed by atoms with E-state index >= 15 is 0 Å². The smallest absolute Gasteiger partial charge is 0.306 e. The second kappa shape index (κ2) is 5.33. The second-order valence-electron chi connectivity index (χ2n) is 6.05. The highest BCUT2D eigenvalue weighted by atomic mass is 16.4. The summed E-state index contributed by atoms with van der Waals surface area (Å²) >= 11 is 0. The molecule has 1 aromatic rings. The number of likely N-dealkylation sites (tertiary alicyclic amines) is 1. The molecule has 3 unspecified atom stereocenters. The first-order valence-electron chi connectivity index (χ1n) is 7.21. The first-order valence-corrected chi connectivity index (χ1v) is 7.21. The van der Waals surface area contributed by atoms with Crippen LogP contribution in [0.1, 0.15) is 24.8 Å². The summed E-state index contributed by atoms with van der Waals surface area (Å²) in [5.41, 5.74) is 1.36. The number of carbonyl (C=O) groups is 1. The number of nitrogens with zero attached hydrogens (tertiary/aromatic N) is 1. The second-order valence-corrected chi connectivity index (χ2v) is 6.05. The van der Waals surface area contributed by atoms with Gasteiger partial charge in [-0.15, -0.1) is 0 Å². The van der Waals surface area contributed by atoms with Gasteiger partial charge in [-0.1, -0.05) is 30.3 Å². The zero-order valence-corrected chi connectivity index (χ0v) is 11.2. The Balaban J connectivity index is 1.59. The molecule has 3 nitrogen and oxygen atoms in total. The van der Waals surface area contributed by atoms with Gasteiger partial charge in [0, 0.05) is 19.6 Å². The molecular formula is C16H21NO2. The van der Waals surface area contributed by atoms with Crippen LogP contribution < -0.4 is 0 Å². The van der Waals surface area contributed by atoms with Gasteiger partial charge in [0.05, 0.1) is 5.92 Å².